The van der Waals surface area contributed by atoms with Gasteiger partial charge in [-0.15, -0.1) is 0 Å². The summed E-state index contributed by atoms with van der Waals surface area (Å²) in [7, 11) is 0. The van der Waals surface area contributed by atoms with E-state index >= 15 is 0 Å². The molecule has 0 fully saturated rings. The molecular weight excluding hydrogens is 250 g/mol. The fraction of sp³-hybridized carbons (Fsp3) is 0.176. The van der Waals surface area contributed by atoms with E-state index in [1.807, 2.05) is 43.3 Å². The van der Waals surface area contributed by atoms with E-state index in [4.69, 9.17) is 4.74 Å². The van der Waals surface area contributed by atoms with Gasteiger partial charge in [-0.1, -0.05) is 42.5 Å². The van der Waals surface area contributed by atoms with Crippen molar-refractivity contribution in [3.8, 4) is 6.07 Å². The molecule has 0 saturated carbocycles. The summed E-state index contributed by atoms with van der Waals surface area (Å²) in [5, 5.41) is 9.64. The van der Waals surface area contributed by atoms with Crippen LogP contribution in [0, 0.1) is 18.3 Å². The van der Waals surface area contributed by atoms with Gasteiger partial charge in [0, 0.05) is 12.0 Å². The van der Waals surface area contributed by atoms with Crippen LogP contribution in [0.3, 0.4) is 0 Å². The molecule has 20 heavy (non-hydrogen) atoms. The highest BCUT2D eigenvalue weighted by atomic mass is 16.6. The minimum Gasteiger partial charge on any atom is -0.435 e. The summed E-state index contributed by atoms with van der Waals surface area (Å²) in [6.07, 6.45) is 0.385. The molecule has 3 heteroatoms. The van der Waals surface area contributed by atoms with Gasteiger partial charge >= 0.3 is 5.97 Å². The average Bonchev–Trinajstić information content (AvgIpc) is 2.47. The standard InChI is InChI=1S/C17H13NO2/c1-12-6-2-5-9-15(12)17(11-18)10-13-7-3-4-8-14(13)16(19)20-17/h2-9H,10H2,1H3/t17-/m1/s1. The Kier molecular flexibility index (Phi) is 2.80. The number of carbonyl (C=O) groups is 1. The van der Waals surface area contributed by atoms with Gasteiger partial charge in [0.25, 0.3) is 0 Å². The molecule has 0 aromatic heterocycles. The number of rotatable bonds is 1. The molecule has 0 aliphatic carbocycles. The monoisotopic (exact) mass is 263 g/mol. The SMILES string of the molecule is Cc1ccccc1[C@]1(C#N)Cc2ccccc2C(=O)O1. The number of cyclic esters (lactones) is 1. The van der Waals surface area contributed by atoms with E-state index in [9.17, 15) is 10.1 Å². The van der Waals surface area contributed by atoms with Crippen molar-refractivity contribution in [1.29, 1.82) is 5.26 Å². The van der Waals surface area contributed by atoms with E-state index in [-0.39, 0.29) is 0 Å². The topological polar surface area (TPSA) is 50.1 Å². The molecule has 0 radical (unpaired) electrons. The largest absolute Gasteiger partial charge is 0.435 e. The van der Waals surface area contributed by atoms with Gasteiger partial charge in [-0.2, -0.15) is 5.26 Å². The highest BCUT2D eigenvalue weighted by molar-refractivity contribution is 5.93. The van der Waals surface area contributed by atoms with Crippen LogP contribution in [0.25, 0.3) is 0 Å². The molecule has 1 aliphatic heterocycles. The molecular formula is C17H13NO2. The Morgan fingerprint density at radius 2 is 1.85 bits per heavy atom. The van der Waals surface area contributed by atoms with E-state index in [1.54, 1.807) is 12.1 Å². The van der Waals surface area contributed by atoms with Gasteiger partial charge in [-0.05, 0) is 24.1 Å². The second-order valence-corrected chi connectivity index (χ2v) is 4.98. The molecule has 0 saturated heterocycles. The molecule has 3 rings (SSSR count). The zero-order chi connectivity index (χ0) is 14.2. The summed E-state index contributed by atoms with van der Waals surface area (Å²) < 4.78 is 5.52. The lowest BCUT2D eigenvalue weighted by Crippen LogP contribution is -2.38. The van der Waals surface area contributed by atoms with Gasteiger partial charge in [0.2, 0.25) is 5.60 Å². The molecule has 2 aromatic rings. The number of esters is 1. The Balaban J connectivity index is 2.16. The Labute approximate surface area is 117 Å². The number of hydrogen-bond donors (Lipinski definition) is 0. The second kappa shape index (κ2) is 4.50. The van der Waals surface area contributed by atoms with Crippen molar-refractivity contribution >= 4 is 5.97 Å². The molecule has 3 nitrogen and oxygen atoms in total. The first kappa shape index (κ1) is 12.4. The zero-order valence-corrected chi connectivity index (χ0v) is 11.1. The van der Waals surface area contributed by atoms with Crippen LogP contribution in [-0.4, -0.2) is 5.97 Å². The third-order valence-electron chi connectivity index (χ3n) is 3.70. The predicted molar refractivity (Wildman–Crippen MR) is 74.0 cm³/mol. The van der Waals surface area contributed by atoms with Gasteiger partial charge in [0.1, 0.15) is 6.07 Å². The Morgan fingerprint density at radius 1 is 1.15 bits per heavy atom. The number of hydrogen-bond acceptors (Lipinski definition) is 3. The van der Waals surface area contributed by atoms with Crippen LogP contribution in [0.5, 0.6) is 0 Å². The first-order valence-corrected chi connectivity index (χ1v) is 6.45. The van der Waals surface area contributed by atoms with Crippen molar-refractivity contribution in [2.45, 2.75) is 18.9 Å². The number of ether oxygens (including phenoxy) is 1. The van der Waals surface area contributed by atoms with Crippen molar-refractivity contribution in [2.24, 2.45) is 0 Å². The maximum Gasteiger partial charge on any atom is 0.340 e. The molecule has 0 spiro atoms. The van der Waals surface area contributed by atoms with Crippen molar-refractivity contribution in [2.75, 3.05) is 0 Å². The number of carbonyl (C=O) groups excluding carboxylic acids is 1. The summed E-state index contributed by atoms with van der Waals surface area (Å²) in [6, 6.07) is 17.0. The number of nitrogens with zero attached hydrogens (tertiary/aromatic N) is 1. The van der Waals surface area contributed by atoms with E-state index < -0.39 is 11.6 Å². The quantitative estimate of drug-likeness (QED) is 0.743. The molecule has 0 bridgehead atoms. The van der Waals surface area contributed by atoms with Gasteiger partial charge < -0.3 is 4.74 Å². The second-order valence-electron chi connectivity index (χ2n) is 4.98. The normalized spacial score (nSPS) is 20.7. The summed E-state index contributed by atoms with van der Waals surface area (Å²) in [6.45, 7) is 1.92. The number of fused-ring (bicyclic) bond motifs is 1. The van der Waals surface area contributed by atoms with E-state index in [1.165, 1.54) is 0 Å². The Morgan fingerprint density at radius 3 is 2.60 bits per heavy atom. The average molecular weight is 263 g/mol. The van der Waals surface area contributed by atoms with Crippen LogP contribution >= 0.6 is 0 Å². The van der Waals surface area contributed by atoms with Gasteiger partial charge in [-0.25, -0.2) is 4.79 Å². The molecule has 1 heterocycles. The van der Waals surface area contributed by atoms with Crippen LogP contribution in [-0.2, 0) is 16.8 Å². The lowest BCUT2D eigenvalue weighted by Gasteiger charge is -2.33. The van der Waals surface area contributed by atoms with E-state index in [2.05, 4.69) is 6.07 Å². The third-order valence-corrected chi connectivity index (χ3v) is 3.70. The van der Waals surface area contributed by atoms with Crippen molar-refractivity contribution < 1.29 is 9.53 Å². The molecule has 0 N–H and O–H groups in total. The molecule has 2 aromatic carbocycles. The van der Waals surface area contributed by atoms with Gasteiger partial charge in [-0.3, -0.25) is 0 Å². The highest BCUT2D eigenvalue weighted by Crippen LogP contribution is 2.37. The lowest BCUT2D eigenvalue weighted by molar-refractivity contribution is -0.000827. The lowest BCUT2D eigenvalue weighted by atomic mass is 9.82. The smallest absolute Gasteiger partial charge is 0.340 e. The molecule has 1 atom stereocenters. The first-order valence-electron chi connectivity index (χ1n) is 6.45. The number of aryl methyl sites for hydroxylation is 1. The van der Waals surface area contributed by atoms with Crippen LogP contribution < -0.4 is 0 Å². The van der Waals surface area contributed by atoms with Gasteiger partial charge in [0.15, 0.2) is 0 Å². The number of benzene rings is 2. The fourth-order valence-corrected chi connectivity index (χ4v) is 2.69. The summed E-state index contributed by atoms with van der Waals surface area (Å²) in [5.41, 5.74) is 1.88. The predicted octanol–water partition coefficient (Wildman–Crippen LogP) is 3.13. The van der Waals surface area contributed by atoms with Crippen LogP contribution in [0.4, 0.5) is 0 Å². The summed E-state index contributed by atoms with van der Waals surface area (Å²) in [5.74, 6) is -0.434. The minimum absolute atomic E-state index is 0.385. The van der Waals surface area contributed by atoms with Crippen LogP contribution in [0.2, 0.25) is 0 Å². The first-order chi connectivity index (χ1) is 9.66. The van der Waals surface area contributed by atoms with Crippen molar-refractivity contribution in [3.05, 3.63) is 70.8 Å². The van der Waals surface area contributed by atoms with Crippen LogP contribution in [0.1, 0.15) is 27.0 Å². The van der Waals surface area contributed by atoms with Crippen LogP contribution in [0.15, 0.2) is 48.5 Å². The minimum atomic E-state index is -1.23. The van der Waals surface area contributed by atoms with Gasteiger partial charge in [0.05, 0.1) is 5.56 Å². The maximum absolute atomic E-state index is 12.2. The summed E-state index contributed by atoms with van der Waals surface area (Å²) in [4.78, 5) is 12.2. The highest BCUT2D eigenvalue weighted by Gasteiger charge is 2.43. The molecule has 1 aliphatic rings. The molecule has 0 amide bonds. The molecule has 98 valence electrons. The summed E-state index contributed by atoms with van der Waals surface area (Å²) >= 11 is 0. The van der Waals surface area contributed by atoms with E-state index in [0.717, 1.165) is 16.7 Å². The fourth-order valence-electron chi connectivity index (χ4n) is 2.69. The Bertz CT molecular complexity index is 730. The van der Waals surface area contributed by atoms with Crippen molar-refractivity contribution in [3.63, 3.8) is 0 Å². The van der Waals surface area contributed by atoms with Crippen molar-refractivity contribution in [1.82, 2.24) is 0 Å². The molecule has 0 unspecified atom stereocenters. The maximum atomic E-state index is 12.2. The van der Waals surface area contributed by atoms with E-state index in [0.29, 0.717) is 12.0 Å². The Hall–Kier alpha value is -2.60. The number of nitriles is 1. The zero-order valence-electron chi connectivity index (χ0n) is 11.1. The third kappa shape index (κ3) is 1.78.